The Kier molecular flexibility index (Phi) is 5.32. The van der Waals surface area contributed by atoms with Gasteiger partial charge in [-0.2, -0.15) is 0 Å². The number of aliphatic carboxylic acids is 1. The van der Waals surface area contributed by atoms with Crippen molar-refractivity contribution in [1.82, 2.24) is 0 Å². The average Bonchev–Trinajstić information content (AvgIpc) is 2.44. The lowest BCUT2D eigenvalue weighted by molar-refractivity contribution is -0.136. The third-order valence-corrected chi connectivity index (χ3v) is 4.72. The standard InChI is InChI=1S/C17H17ClO2S/c1-11-3-7-15(8-4-11)21-16(17(19)20)10-13-9-14(18)6-5-12(13)2/h3-9,16H,10H2,1-2H3,(H,19,20)/t16-/m1/s1. The van der Waals surface area contributed by atoms with Gasteiger partial charge in [0.15, 0.2) is 0 Å². The summed E-state index contributed by atoms with van der Waals surface area (Å²) >= 11 is 7.38. The van der Waals surface area contributed by atoms with Crippen LogP contribution in [0.1, 0.15) is 16.7 Å². The van der Waals surface area contributed by atoms with Crippen molar-refractivity contribution in [2.24, 2.45) is 0 Å². The first kappa shape index (κ1) is 15.9. The summed E-state index contributed by atoms with van der Waals surface area (Å²) < 4.78 is 0. The fourth-order valence-corrected chi connectivity index (χ4v) is 3.20. The van der Waals surface area contributed by atoms with Crippen molar-refractivity contribution in [1.29, 1.82) is 0 Å². The summed E-state index contributed by atoms with van der Waals surface area (Å²) in [5.74, 6) is -0.806. The second-order valence-electron chi connectivity index (χ2n) is 5.03. The van der Waals surface area contributed by atoms with Crippen LogP contribution in [0, 0.1) is 13.8 Å². The SMILES string of the molecule is Cc1ccc(S[C@H](Cc2cc(Cl)ccc2C)C(=O)O)cc1. The van der Waals surface area contributed by atoms with E-state index in [0.717, 1.165) is 21.6 Å². The van der Waals surface area contributed by atoms with E-state index in [4.69, 9.17) is 11.6 Å². The first-order valence-electron chi connectivity index (χ1n) is 6.67. The van der Waals surface area contributed by atoms with E-state index in [1.165, 1.54) is 11.8 Å². The van der Waals surface area contributed by atoms with Crippen molar-refractivity contribution in [3.63, 3.8) is 0 Å². The van der Waals surface area contributed by atoms with Crippen LogP contribution in [0.4, 0.5) is 0 Å². The molecule has 2 nitrogen and oxygen atoms in total. The van der Waals surface area contributed by atoms with Crippen LogP contribution in [0.25, 0.3) is 0 Å². The highest BCUT2D eigenvalue weighted by atomic mass is 35.5. The molecule has 4 heteroatoms. The Balaban J connectivity index is 2.17. The molecule has 0 aliphatic rings. The van der Waals surface area contributed by atoms with Gasteiger partial charge in [-0.3, -0.25) is 4.79 Å². The van der Waals surface area contributed by atoms with Gasteiger partial charge in [0, 0.05) is 9.92 Å². The zero-order valence-corrected chi connectivity index (χ0v) is 13.5. The minimum absolute atomic E-state index is 0.459. The molecule has 1 N–H and O–H groups in total. The number of aryl methyl sites for hydroxylation is 2. The zero-order valence-electron chi connectivity index (χ0n) is 12.0. The van der Waals surface area contributed by atoms with Crippen LogP contribution < -0.4 is 0 Å². The Labute approximate surface area is 134 Å². The first-order valence-corrected chi connectivity index (χ1v) is 7.92. The van der Waals surface area contributed by atoms with Crippen LogP contribution in [0.15, 0.2) is 47.4 Å². The van der Waals surface area contributed by atoms with Crippen molar-refractivity contribution in [2.75, 3.05) is 0 Å². The van der Waals surface area contributed by atoms with Crippen LogP contribution in [0.5, 0.6) is 0 Å². The van der Waals surface area contributed by atoms with Crippen molar-refractivity contribution in [3.8, 4) is 0 Å². The van der Waals surface area contributed by atoms with Gasteiger partial charge in [-0.15, -0.1) is 11.8 Å². The predicted molar refractivity (Wildman–Crippen MR) is 88.4 cm³/mol. The molecular weight excluding hydrogens is 304 g/mol. The Morgan fingerprint density at radius 1 is 1.19 bits per heavy atom. The molecule has 0 saturated carbocycles. The average molecular weight is 321 g/mol. The van der Waals surface area contributed by atoms with Crippen LogP contribution in [-0.2, 0) is 11.2 Å². The summed E-state index contributed by atoms with van der Waals surface area (Å²) in [5, 5.41) is 9.57. The highest BCUT2D eigenvalue weighted by molar-refractivity contribution is 8.00. The van der Waals surface area contributed by atoms with Crippen molar-refractivity contribution < 1.29 is 9.90 Å². The van der Waals surface area contributed by atoms with Gasteiger partial charge in [-0.25, -0.2) is 0 Å². The summed E-state index contributed by atoms with van der Waals surface area (Å²) in [7, 11) is 0. The minimum atomic E-state index is -0.806. The van der Waals surface area contributed by atoms with Crippen molar-refractivity contribution in [2.45, 2.75) is 30.4 Å². The summed E-state index contributed by atoms with van der Waals surface area (Å²) in [5.41, 5.74) is 3.21. The molecule has 2 aromatic rings. The van der Waals surface area contributed by atoms with Crippen molar-refractivity contribution in [3.05, 3.63) is 64.2 Å². The molecule has 0 aromatic heterocycles. The Morgan fingerprint density at radius 3 is 2.48 bits per heavy atom. The summed E-state index contributed by atoms with van der Waals surface area (Å²) in [4.78, 5) is 12.5. The minimum Gasteiger partial charge on any atom is -0.480 e. The molecule has 110 valence electrons. The number of halogens is 1. The number of carbonyl (C=O) groups is 1. The zero-order chi connectivity index (χ0) is 15.4. The molecule has 0 aliphatic heterocycles. The third kappa shape index (κ3) is 4.51. The molecule has 0 fully saturated rings. The molecule has 0 radical (unpaired) electrons. The Bertz CT molecular complexity index is 638. The van der Waals surface area contributed by atoms with E-state index in [1.807, 2.05) is 56.3 Å². The number of hydrogen-bond donors (Lipinski definition) is 1. The van der Waals surface area contributed by atoms with Gasteiger partial charge in [0.05, 0.1) is 0 Å². The number of carboxylic acids is 1. The molecule has 1 atom stereocenters. The number of rotatable bonds is 5. The molecule has 0 amide bonds. The van der Waals surface area contributed by atoms with Crippen LogP contribution in [0.3, 0.4) is 0 Å². The third-order valence-electron chi connectivity index (χ3n) is 3.29. The summed E-state index contributed by atoms with van der Waals surface area (Å²) in [6.07, 6.45) is 0.459. The number of carboxylic acid groups (broad SMARTS) is 1. The monoisotopic (exact) mass is 320 g/mol. The van der Waals surface area contributed by atoms with E-state index in [-0.39, 0.29) is 0 Å². The second-order valence-corrected chi connectivity index (χ2v) is 6.75. The number of thioether (sulfide) groups is 1. The Hall–Kier alpha value is -1.45. The molecule has 0 aliphatic carbocycles. The summed E-state index contributed by atoms with van der Waals surface area (Å²) in [6, 6.07) is 13.5. The summed E-state index contributed by atoms with van der Waals surface area (Å²) in [6.45, 7) is 3.99. The first-order chi connectivity index (χ1) is 9.95. The highest BCUT2D eigenvalue weighted by Gasteiger charge is 2.20. The molecule has 0 saturated heterocycles. The predicted octanol–water partition coefficient (Wildman–Crippen LogP) is 4.74. The molecule has 2 aromatic carbocycles. The van der Waals surface area contributed by atoms with Gasteiger partial charge in [-0.1, -0.05) is 35.4 Å². The highest BCUT2D eigenvalue weighted by Crippen LogP contribution is 2.28. The van der Waals surface area contributed by atoms with E-state index in [9.17, 15) is 9.90 Å². The van der Waals surface area contributed by atoms with E-state index in [2.05, 4.69) is 0 Å². The number of hydrogen-bond acceptors (Lipinski definition) is 2. The second kappa shape index (κ2) is 7.01. The Morgan fingerprint density at radius 2 is 1.86 bits per heavy atom. The van der Waals surface area contributed by atoms with E-state index in [1.54, 1.807) is 0 Å². The van der Waals surface area contributed by atoms with E-state index >= 15 is 0 Å². The molecule has 0 bridgehead atoms. The maximum absolute atomic E-state index is 11.5. The maximum Gasteiger partial charge on any atom is 0.317 e. The smallest absolute Gasteiger partial charge is 0.317 e. The van der Waals surface area contributed by atoms with E-state index in [0.29, 0.717) is 11.4 Å². The van der Waals surface area contributed by atoms with Gasteiger partial charge in [0.2, 0.25) is 0 Å². The molecule has 0 spiro atoms. The van der Waals surface area contributed by atoms with Gasteiger partial charge in [0.25, 0.3) is 0 Å². The van der Waals surface area contributed by atoms with Gasteiger partial charge < -0.3 is 5.11 Å². The normalized spacial score (nSPS) is 12.1. The fraction of sp³-hybridized carbons (Fsp3) is 0.235. The largest absolute Gasteiger partial charge is 0.480 e. The lowest BCUT2D eigenvalue weighted by Gasteiger charge is -2.14. The van der Waals surface area contributed by atoms with Crippen molar-refractivity contribution >= 4 is 29.3 Å². The van der Waals surface area contributed by atoms with Crippen LogP contribution >= 0.6 is 23.4 Å². The van der Waals surface area contributed by atoms with Crippen LogP contribution in [0.2, 0.25) is 5.02 Å². The van der Waals surface area contributed by atoms with E-state index < -0.39 is 11.2 Å². The fourth-order valence-electron chi connectivity index (χ4n) is 2.02. The lowest BCUT2D eigenvalue weighted by Crippen LogP contribution is -2.19. The van der Waals surface area contributed by atoms with Gasteiger partial charge in [-0.05, 0) is 55.7 Å². The molecular formula is C17H17ClO2S. The number of benzene rings is 2. The maximum atomic E-state index is 11.5. The van der Waals surface area contributed by atoms with Gasteiger partial charge in [0.1, 0.15) is 5.25 Å². The molecule has 21 heavy (non-hydrogen) atoms. The topological polar surface area (TPSA) is 37.3 Å². The quantitative estimate of drug-likeness (QED) is 0.808. The van der Waals surface area contributed by atoms with Crippen LogP contribution in [-0.4, -0.2) is 16.3 Å². The molecule has 2 rings (SSSR count). The van der Waals surface area contributed by atoms with Gasteiger partial charge >= 0.3 is 5.97 Å². The molecule has 0 heterocycles. The molecule has 0 unspecified atom stereocenters. The lowest BCUT2D eigenvalue weighted by atomic mass is 10.0.